The van der Waals surface area contributed by atoms with Crippen molar-refractivity contribution in [1.29, 1.82) is 0 Å². The van der Waals surface area contributed by atoms with Gasteiger partial charge >= 0.3 is 0 Å². The van der Waals surface area contributed by atoms with Crippen molar-refractivity contribution < 1.29 is 28.8 Å². The second kappa shape index (κ2) is 15.7. The number of hydrogen-bond donors (Lipinski definition) is 3. The lowest BCUT2D eigenvalue weighted by atomic mass is 10.1. The van der Waals surface area contributed by atoms with Crippen LogP contribution in [-0.2, 0) is 21.6 Å². The van der Waals surface area contributed by atoms with Crippen LogP contribution in [0.15, 0.2) is 77.5 Å². The Morgan fingerprint density at radius 1 is 1.15 bits per heavy atom. The van der Waals surface area contributed by atoms with E-state index >= 15 is 0 Å². The zero-order valence-electron chi connectivity index (χ0n) is 26.2. The third-order valence-corrected chi connectivity index (χ3v) is 10.2. The summed E-state index contributed by atoms with van der Waals surface area (Å²) in [5.74, 6) is -1.03. The molecule has 0 aliphatic heterocycles. The number of aliphatic hydroxyl groups is 2. The topological polar surface area (TPSA) is 167 Å². The number of aromatic nitrogens is 3. The van der Waals surface area contributed by atoms with Gasteiger partial charge in [0, 0.05) is 56.5 Å². The minimum absolute atomic E-state index is 0.0200. The molecule has 0 saturated carbocycles. The fraction of sp³-hybridized carbons (Fsp3) is 0.364. The van der Waals surface area contributed by atoms with Gasteiger partial charge in [0.25, 0.3) is 11.8 Å². The number of pyridine rings is 1. The van der Waals surface area contributed by atoms with E-state index in [2.05, 4.69) is 19.8 Å². The Balaban J connectivity index is 1.49. The molecule has 3 amide bonds. The van der Waals surface area contributed by atoms with E-state index in [1.807, 2.05) is 25.1 Å². The number of hydrogen-bond acceptors (Lipinski definition) is 8. The first-order valence-corrected chi connectivity index (χ1v) is 16.8. The normalized spacial score (nSPS) is 16.0. The molecule has 4 rings (SSSR count). The number of benzene rings is 1. The maximum Gasteiger partial charge on any atom is 0.286 e. The molecular formula is C33H40N6O6S. The van der Waals surface area contributed by atoms with Crippen LogP contribution in [0.1, 0.15) is 52.2 Å². The molecule has 0 fully saturated rings. The number of aliphatic hydroxyl groups excluding tert-OH is 2. The van der Waals surface area contributed by atoms with E-state index < -0.39 is 33.6 Å². The van der Waals surface area contributed by atoms with Gasteiger partial charge in [-0.1, -0.05) is 36.4 Å². The van der Waals surface area contributed by atoms with Crippen LogP contribution in [0.25, 0.3) is 11.1 Å². The number of rotatable bonds is 13. The summed E-state index contributed by atoms with van der Waals surface area (Å²) in [5.41, 5.74) is 3.21. The molecule has 0 bridgehead atoms. The summed E-state index contributed by atoms with van der Waals surface area (Å²) in [4.78, 5) is 44.3. The zero-order valence-corrected chi connectivity index (χ0v) is 27.0. The van der Waals surface area contributed by atoms with Gasteiger partial charge in [-0.15, -0.1) is 0 Å². The number of carbonyl (C=O) groups excluding carboxylic acids is 3. The van der Waals surface area contributed by atoms with Crippen LogP contribution in [0, 0.1) is 6.92 Å². The Bertz CT molecular complexity index is 1760. The average molecular weight is 649 g/mol. The Morgan fingerprint density at radius 3 is 2.65 bits per heavy atom. The molecule has 1 aliphatic carbocycles. The lowest BCUT2D eigenvalue weighted by molar-refractivity contribution is -0.131. The van der Waals surface area contributed by atoms with E-state index in [-0.39, 0.29) is 36.1 Å². The summed E-state index contributed by atoms with van der Waals surface area (Å²) < 4.78 is 20.0. The van der Waals surface area contributed by atoms with Gasteiger partial charge in [-0.05, 0) is 56.0 Å². The molecule has 0 saturated heterocycles. The lowest BCUT2D eigenvalue weighted by Gasteiger charge is -2.21. The highest BCUT2D eigenvalue weighted by molar-refractivity contribution is 7.94. The van der Waals surface area contributed by atoms with Gasteiger partial charge in [0.2, 0.25) is 5.91 Å². The highest BCUT2D eigenvalue weighted by Gasteiger charge is 2.24. The zero-order chi connectivity index (χ0) is 33.3. The number of likely N-dealkylation sites (N-methyl/N-ethyl adjacent to an activating group) is 1. The number of carbonyl (C=O) groups is 3. The van der Waals surface area contributed by atoms with Gasteiger partial charge in [-0.3, -0.25) is 24.0 Å². The second-order valence-corrected chi connectivity index (χ2v) is 13.8. The van der Waals surface area contributed by atoms with Crippen LogP contribution in [0.5, 0.6) is 0 Å². The van der Waals surface area contributed by atoms with E-state index in [1.54, 1.807) is 62.8 Å². The van der Waals surface area contributed by atoms with Crippen molar-refractivity contribution in [3.63, 3.8) is 0 Å². The van der Waals surface area contributed by atoms with Crippen molar-refractivity contribution in [3.05, 3.63) is 90.0 Å². The Morgan fingerprint density at radius 2 is 1.96 bits per heavy atom. The summed E-state index contributed by atoms with van der Waals surface area (Å²) in [6.45, 7) is 1.39. The van der Waals surface area contributed by atoms with Crippen LogP contribution in [0.4, 0.5) is 5.69 Å². The monoisotopic (exact) mass is 648 g/mol. The molecule has 12 nitrogen and oxygen atoms in total. The predicted molar refractivity (Wildman–Crippen MR) is 177 cm³/mol. The van der Waals surface area contributed by atoms with Crippen LogP contribution in [-0.4, -0.2) is 89.1 Å². The van der Waals surface area contributed by atoms with Crippen molar-refractivity contribution in [2.24, 2.45) is 11.4 Å². The van der Waals surface area contributed by atoms with Gasteiger partial charge in [0.15, 0.2) is 0 Å². The number of nitrogens with zero attached hydrogens (tertiary/aromatic N) is 5. The average Bonchev–Trinajstić information content (AvgIpc) is 3.40. The minimum atomic E-state index is -3.05. The molecule has 0 spiro atoms. The number of allylic oxidation sites excluding steroid dienone is 3. The van der Waals surface area contributed by atoms with Crippen molar-refractivity contribution in [1.82, 2.24) is 19.7 Å². The van der Waals surface area contributed by atoms with Crippen molar-refractivity contribution in [2.45, 2.75) is 44.0 Å². The Labute approximate surface area is 269 Å². The summed E-state index contributed by atoms with van der Waals surface area (Å²) in [6.07, 6.45) is 10.8. The van der Waals surface area contributed by atoms with E-state index in [4.69, 9.17) is 5.11 Å². The molecule has 46 heavy (non-hydrogen) atoms. The van der Waals surface area contributed by atoms with Gasteiger partial charge in [0.05, 0.1) is 38.9 Å². The molecule has 1 aromatic carbocycles. The molecule has 3 atom stereocenters. The van der Waals surface area contributed by atoms with Crippen LogP contribution in [0.3, 0.4) is 0 Å². The fourth-order valence-electron chi connectivity index (χ4n) is 5.05. The standard InChI is InChI=1S/C33H40N6O6S/c1-23-16-30(39(3)36-23)33(44)35-27-11-9-10-24(18-27)25-17-26(20-34-19-25)32(43)37-46(45,29-12-5-4-6-13-29)15-8-7-14-31(42)38(2)21-28(41)22-40/h4-6,9-12,16-20,28-29,40-41H,7-8,13-15,21-22H2,1-3H3,(H,35,44)/t28?,29?,46-/m0/s1. The molecular weight excluding hydrogens is 608 g/mol. The molecule has 1 aliphatic rings. The van der Waals surface area contributed by atoms with Crippen LogP contribution < -0.4 is 5.32 Å². The maximum atomic E-state index is 14.2. The van der Waals surface area contributed by atoms with Gasteiger partial charge in [0.1, 0.15) is 5.69 Å². The van der Waals surface area contributed by atoms with Gasteiger partial charge in [-0.25, -0.2) is 4.21 Å². The van der Waals surface area contributed by atoms with E-state index in [0.29, 0.717) is 41.8 Å². The van der Waals surface area contributed by atoms with Crippen molar-refractivity contribution >= 4 is 33.1 Å². The van der Waals surface area contributed by atoms with E-state index in [9.17, 15) is 23.7 Å². The molecule has 244 valence electrons. The van der Waals surface area contributed by atoms with Gasteiger partial charge < -0.3 is 20.4 Å². The van der Waals surface area contributed by atoms with Crippen molar-refractivity contribution in [3.8, 4) is 11.1 Å². The maximum absolute atomic E-state index is 14.2. The number of amides is 3. The summed E-state index contributed by atoms with van der Waals surface area (Å²) in [5, 5.41) is 25.2. The molecule has 13 heteroatoms. The highest BCUT2D eigenvalue weighted by atomic mass is 32.2. The molecule has 3 aromatic rings. The number of unbranched alkanes of at least 4 members (excludes halogenated alkanes) is 1. The second-order valence-electron chi connectivity index (χ2n) is 11.2. The number of anilines is 1. The fourth-order valence-corrected chi connectivity index (χ4v) is 7.33. The Kier molecular flexibility index (Phi) is 11.7. The van der Waals surface area contributed by atoms with Crippen LogP contribution >= 0.6 is 0 Å². The molecule has 3 N–H and O–H groups in total. The number of nitrogens with one attached hydrogen (secondary N) is 1. The third-order valence-electron chi connectivity index (χ3n) is 7.52. The van der Waals surface area contributed by atoms with E-state index in [1.165, 1.54) is 15.8 Å². The lowest BCUT2D eigenvalue weighted by Crippen LogP contribution is -2.35. The largest absolute Gasteiger partial charge is 0.394 e. The SMILES string of the molecule is Cc1cc(C(=O)Nc2cccc(-c3cncc(C(=O)N=[S@](=O)(CCCCC(=O)N(C)CC(O)CO)C4C=CC=CC4)c3)c2)n(C)n1. The molecule has 2 unspecified atom stereocenters. The number of aryl methyl sites for hydroxylation is 2. The third kappa shape index (κ3) is 9.05. The van der Waals surface area contributed by atoms with Crippen molar-refractivity contribution in [2.75, 3.05) is 31.3 Å². The molecule has 2 heterocycles. The quantitative estimate of drug-likeness (QED) is 0.237. The first-order chi connectivity index (χ1) is 22.0. The smallest absolute Gasteiger partial charge is 0.286 e. The summed E-state index contributed by atoms with van der Waals surface area (Å²) in [7, 11) is 0.203. The molecule has 2 aromatic heterocycles. The summed E-state index contributed by atoms with van der Waals surface area (Å²) >= 11 is 0. The van der Waals surface area contributed by atoms with E-state index in [0.717, 1.165) is 5.69 Å². The first-order valence-electron chi connectivity index (χ1n) is 15.0. The highest BCUT2D eigenvalue weighted by Crippen LogP contribution is 2.25. The predicted octanol–water partition coefficient (Wildman–Crippen LogP) is 3.52. The Hall–Kier alpha value is -4.46. The van der Waals surface area contributed by atoms with Crippen LogP contribution in [0.2, 0.25) is 0 Å². The summed E-state index contributed by atoms with van der Waals surface area (Å²) in [6, 6.07) is 10.5. The van der Waals surface area contributed by atoms with Gasteiger partial charge in [-0.2, -0.15) is 9.46 Å². The molecule has 0 radical (unpaired) electrons. The first kappa shape index (κ1) is 34.4. The minimum Gasteiger partial charge on any atom is -0.394 e.